The number of aromatic nitrogens is 3. The molecule has 0 fully saturated rings. The molecule has 0 radical (unpaired) electrons. The van der Waals surface area contributed by atoms with Crippen LogP contribution in [0.5, 0.6) is 5.88 Å². The fourth-order valence-electron chi connectivity index (χ4n) is 1.87. The number of hydrazine groups is 1. The summed E-state index contributed by atoms with van der Waals surface area (Å²) in [6.45, 7) is 4.97. The molecule has 2 aromatic rings. The Labute approximate surface area is 106 Å². The van der Waals surface area contributed by atoms with E-state index in [4.69, 9.17) is 10.6 Å². The summed E-state index contributed by atoms with van der Waals surface area (Å²) < 4.78 is 7.58. The number of anilines is 1. The molecule has 0 aliphatic rings. The van der Waals surface area contributed by atoms with Crippen molar-refractivity contribution in [3.8, 4) is 5.88 Å². The van der Waals surface area contributed by atoms with Crippen LogP contribution >= 0.6 is 0 Å². The van der Waals surface area contributed by atoms with Gasteiger partial charge in [0.2, 0.25) is 5.65 Å². The van der Waals surface area contributed by atoms with E-state index in [0.29, 0.717) is 29.9 Å². The molecule has 98 valence electrons. The van der Waals surface area contributed by atoms with Gasteiger partial charge < -0.3 is 10.2 Å². The average molecular weight is 249 g/mol. The number of imidazole rings is 1. The number of nitrogen functional groups attached to an aromatic ring is 1. The molecule has 1 atom stereocenters. The minimum Gasteiger partial charge on any atom is -0.475 e. The molecule has 6 nitrogen and oxygen atoms in total. The third kappa shape index (κ3) is 2.70. The smallest absolute Gasteiger partial charge is 0.260 e. The zero-order valence-electron chi connectivity index (χ0n) is 10.8. The number of hydrogen-bond donors (Lipinski definition) is 2. The first-order valence-electron chi connectivity index (χ1n) is 6.17. The number of rotatable bonds is 6. The lowest BCUT2D eigenvalue weighted by atomic mass is 10.1. The zero-order chi connectivity index (χ0) is 13.0. The largest absolute Gasteiger partial charge is 0.475 e. The lowest BCUT2D eigenvalue weighted by Gasteiger charge is -2.12. The molecule has 1 unspecified atom stereocenters. The molecular formula is C12H19N5O. The Morgan fingerprint density at radius 2 is 2.39 bits per heavy atom. The molecule has 0 saturated heterocycles. The Morgan fingerprint density at radius 3 is 3.11 bits per heavy atom. The summed E-state index contributed by atoms with van der Waals surface area (Å²) in [7, 11) is 0. The first-order chi connectivity index (χ1) is 8.74. The number of nitrogens with two attached hydrogens (primary N) is 1. The maximum atomic E-state index is 5.74. The van der Waals surface area contributed by atoms with Gasteiger partial charge in [-0.1, -0.05) is 20.3 Å². The molecule has 0 amide bonds. The van der Waals surface area contributed by atoms with Crippen LogP contribution in [0.1, 0.15) is 26.7 Å². The molecule has 18 heavy (non-hydrogen) atoms. The van der Waals surface area contributed by atoms with E-state index in [2.05, 4.69) is 29.2 Å². The molecule has 0 bridgehead atoms. The molecule has 2 aromatic heterocycles. The Kier molecular flexibility index (Phi) is 3.99. The Morgan fingerprint density at radius 1 is 1.56 bits per heavy atom. The third-order valence-corrected chi connectivity index (χ3v) is 2.78. The Balaban J connectivity index is 2.18. The minimum absolute atomic E-state index is 0.501. The van der Waals surface area contributed by atoms with E-state index in [0.717, 1.165) is 12.8 Å². The fourth-order valence-corrected chi connectivity index (χ4v) is 1.87. The molecule has 0 spiro atoms. The van der Waals surface area contributed by atoms with Crippen molar-refractivity contribution >= 4 is 11.5 Å². The second-order valence-corrected chi connectivity index (χ2v) is 4.44. The number of nitrogens with zero attached hydrogens (tertiary/aromatic N) is 3. The van der Waals surface area contributed by atoms with Gasteiger partial charge in [-0.05, 0) is 12.3 Å². The van der Waals surface area contributed by atoms with Crippen molar-refractivity contribution in [1.82, 2.24) is 14.4 Å². The van der Waals surface area contributed by atoms with Gasteiger partial charge >= 0.3 is 0 Å². The van der Waals surface area contributed by atoms with E-state index in [1.54, 1.807) is 12.4 Å². The highest BCUT2D eigenvalue weighted by Crippen LogP contribution is 2.19. The third-order valence-electron chi connectivity index (χ3n) is 2.78. The molecule has 3 N–H and O–H groups in total. The van der Waals surface area contributed by atoms with Crippen LogP contribution < -0.4 is 16.0 Å². The number of fused-ring (bicyclic) bond motifs is 1. The van der Waals surface area contributed by atoms with Crippen molar-refractivity contribution in [3.63, 3.8) is 0 Å². The van der Waals surface area contributed by atoms with Crippen molar-refractivity contribution in [3.05, 3.63) is 18.6 Å². The lowest BCUT2D eigenvalue weighted by molar-refractivity contribution is 0.245. The van der Waals surface area contributed by atoms with Gasteiger partial charge in [0.1, 0.15) is 0 Å². The standard InChI is InChI=1S/C12H19N5O/c1-3-4-9(2)8-18-12-11-14-5-6-17(11)7-10(15-12)16-13/h5-7,9,16H,3-4,8,13H2,1-2H3. The van der Waals surface area contributed by atoms with Crippen LogP contribution in [0.3, 0.4) is 0 Å². The molecule has 6 heteroatoms. The van der Waals surface area contributed by atoms with E-state index in [9.17, 15) is 0 Å². The highest BCUT2D eigenvalue weighted by molar-refractivity contribution is 5.53. The summed E-state index contributed by atoms with van der Waals surface area (Å²) in [5.74, 6) is 6.95. The van der Waals surface area contributed by atoms with Gasteiger partial charge in [0.05, 0.1) is 12.8 Å². The molecule has 2 rings (SSSR count). The normalized spacial score (nSPS) is 12.6. The SMILES string of the molecule is CCCC(C)COc1nc(NN)cn2ccnc12. The number of ether oxygens (including phenoxy) is 1. The van der Waals surface area contributed by atoms with E-state index >= 15 is 0 Å². The van der Waals surface area contributed by atoms with Gasteiger partial charge in [-0.15, -0.1) is 0 Å². The summed E-state index contributed by atoms with van der Waals surface area (Å²) in [6.07, 6.45) is 7.60. The summed E-state index contributed by atoms with van der Waals surface area (Å²) >= 11 is 0. The fraction of sp³-hybridized carbons (Fsp3) is 0.500. The van der Waals surface area contributed by atoms with Crippen LogP contribution in [0.25, 0.3) is 5.65 Å². The van der Waals surface area contributed by atoms with E-state index in [-0.39, 0.29) is 0 Å². The Bertz CT molecular complexity index is 510. The van der Waals surface area contributed by atoms with Gasteiger partial charge in [-0.3, -0.25) is 4.40 Å². The van der Waals surface area contributed by atoms with Crippen molar-refractivity contribution in [2.24, 2.45) is 11.8 Å². The summed E-state index contributed by atoms with van der Waals surface area (Å²) in [6, 6.07) is 0. The summed E-state index contributed by atoms with van der Waals surface area (Å²) in [5, 5.41) is 0. The second kappa shape index (κ2) is 5.68. The molecular weight excluding hydrogens is 230 g/mol. The lowest BCUT2D eigenvalue weighted by Crippen LogP contribution is -2.13. The molecule has 2 heterocycles. The average Bonchev–Trinajstić information content (AvgIpc) is 2.84. The first kappa shape index (κ1) is 12.6. The maximum Gasteiger partial charge on any atom is 0.260 e. The van der Waals surface area contributed by atoms with Crippen LogP contribution in [-0.2, 0) is 0 Å². The highest BCUT2D eigenvalue weighted by Gasteiger charge is 2.10. The Hall–Kier alpha value is -1.82. The van der Waals surface area contributed by atoms with Gasteiger partial charge in [0.15, 0.2) is 5.82 Å². The van der Waals surface area contributed by atoms with Crippen molar-refractivity contribution < 1.29 is 4.74 Å². The van der Waals surface area contributed by atoms with Crippen molar-refractivity contribution in [2.75, 3.05) is 12.0 Å². The van der Waals surface area contributed by atoms with Crippen LogP contribution in [0.15, 0.2) is 18.6 Å². The van der Waals surface area contributed by atoms with E-state index in [1.165, 1.54) is 0 Å². The van der Waals surface area contributed by atoms with Crippen LogP contribution in [0.4, 0.5) is 5.82 Å². The molecule has 0 aliphatic heterocycles. The molecule has 0 saturated carbocycles. The van der Waals surface area contributed by atoms with Crippen LogP contribution in [-0.4, -0.2) is 21.0 Å². The van der Waals surface area contributed by atoms with Crippen molar-refractivity contribution in [2.45, 2.75) is 26.7 Å². The predicted molar refractivity (Wildman–Crippen MR) is 70.4 cm³/mol. The van der Waals surface area contributed by atoms with Gasteiger partial charge in [0.25, 0.3) is 5.88 Å². The summed E-state index contributed by atoms with van der Waals surface area (Å²) in [4.78, 5) is 8.51. The zero-order valence-corrected chi connectivity index (χ0v) is 10.8. The number of hydrogen-bond acceptors (Lipinski definition) is 5. The van der Waals surface area contributed by atoms with E-state index in [1.807, 2.05) is 10.6 Å². The topological polar surface area (TPSA) is 77.5 Å². The van der Waals surface area contributed by atoms with Gasteiger partial charge in [0, 0.05) is 12.4 Å². The second-order valence-electron chi connectivity index (χ2n) is 4.44. The minimum atomic E-state index is 0.501. The predicted octanol–water partition coefficient (Wildman–Crippen LogP) is 1.83. The summed E-state index contributed by atoms with van der Waals surface area (Å²) in [5.41, 5.74) is 3.23. The van der Waals surface area contributed by atoms with E-state index < -0.39 is 0 Å². The monoisotopic (exact) mass is 249 g/mol. The van der Waals surface area contributed by atoms with Crippen LogP contribution in [0.2, 0.25) is 0 Å². The quantitative estimate of drug-likeness (QED) is 0.603. The molecule has 0 aromatic carbocycles. The van der Waals surface area contributed by atoms with Gasteiger partial charge in [-0.2, -0.15) is 4.98 Å². The van der Waals surface area contributed by atoms with Gasteiger partial charge in [-0.25, -0.2) is 10.8 Å². The molecule has 0 aliphatic carbocycles. The van der Waals surface area contributed by atoms with Crippen LogP contribution in [0, 0.1) is 5.92 Å². The first-order valence-corrected chi connectivity index (χ1v) is 6.17. The van der Waals surface area contributed by atoms with Crippen molar-refractivity contribution in [1.29, 1.82) is 0 Å². The maximum absolute atomic E-state index is 5.74. The highest BCUT2D eigenvalue weighted by atomic mass is 16.5. The number of nitrogens with one attached hydrogen (secondary N) is 1.